The van der Waals surface area contributed by atoms with Crippen molar-refractivity contribution in [2.24, 2.45) is 0 Å². The summed E-state index contributed by atoms with van der Waals surface area (Å²) in [6.45, 7) is 3.52. The third kappa shape index (κ3) is 6.18. The fourth-order valence-corrected chi connectivity index (χ4v) is 2.37. The first-order valence-electron chi connectivity index (χ1n) is 9.17. The number of hydrogen-bond acceptors (Lipinski definition) is 8. The number of anilines is 1. The molecule has 0 aliphatic rings. The Hall–Kier alpha value is -4.11. The fraction of sp³-hybridized carbons (Fsp3) is 0.136. The Balaban J connectivity index is 2.17. The number of likely N-dealkylation sites (N-methyl/N-ethyl adjacent to an activating group) is 1. The lowest BCUT2D eigenvalue weighted by atomic mass is 10.1. The molecule has 0 radical (unpaired) electrons. The Kier molecular flexibility index (Phi) is 7.93. The molecule has 1 aromatic carbocycles. The van der Waals surface area contributed by atoms with Gasteiger partial charge in [0.25, 0.3) is 5.91 Å². The van der Waals surface area contributed by atoms with Gasteiger partial charge >= 0.3 is 0 Å². The van der Waals surface area contributed by atoms with Gasteiger partial charge in [0.15, 0.2) is 11.5 Å². The lowest BCUT2D eigenvalue weighted by molar-refractivity contribution is -0.124. The fourth-order valence-electron chi connectivity index (χ4n) is 2.37. The second kappa shape index (κ2) is 10.6. The molecule has 31 heavy (non-hydrogen) atoms. The highest BCUT2D eigenvalue weighted by Gasteiger charge is 2.15. The first-order valence-corrected chi connectivity index (χ1v) is 9.17. The molecule has 0 fully saturated rings. The number of allylic oxidation sites excluding steroid dienone is 2. The average molecular weight is 420 g/mol. The molecule has 2 rings (SSSR count). The summed E-state index contributed by atoms with van der Waals surface area (Å²) in [6, 6.07) is 6.52. The standard InChI is InChI=1S/C22H24N6O3/c1-4-15(22(30)28(2)3)6-5-7-17-12-26-19(23)18(27-17)21(25)31-20(24)16-10-8-14(13-29)9-11-16/h4-12,24-25,29H,1,13H2,2-3H3,(H2,23,26). The van der Waals surface area contributed by atoms with Gasteiger partial charge in [-0.05, 0) is 29.8 Å². The molecule has 0 bridgehead atoms. The number of aromatic nitrogens is 2. The van der Waals surface area contributed by atoms with E-state index < -0.39 is 5.90 Å². The SMILES string of the molecule is C=CC(=CC=Cc1cnc(N)c(C(=N)OC(=N)c2ccc(CO)cc2)n1)C(=O)N(C)C. The van der Waals surface area contributed by atoms with Crippen LogP contribution in [0, 0.1) is 10.8 Å². The van der Waals surface area contributed by atoms with Gasteiger partial charge < -0.3 is 20.5 Å². The van der Waals surface area contributed by atoms with Crippen molar-refractivity contribution >= 4 is 29.6 Å². The molecule has 5 N–H and O–H groups in total. The molecule has 2 aromatic rings. The topological polar surface area (TPSA) is 149 Å². The molecule has 0 atom stereocenters. The van der Waals surface area contributed by atoms with Crippen molar-refractivity contribution in [1.29, 1.82) is 10.8 Å². The summed E-state index contributed by atoms with van der Waals surface area (Å²) in [5, 5.41) is 25.2. The molecule has 9 nitrogen and oxygen atoms in total. The van der Waals surface area contributed by atoms with Gasteiger partial charge in [-0.15, -0.1) is 0 Å². The van der Waals surface area contributed by atoms with E-state index in [4.69, 9.17) is 26.4 Å². The van der Waals surface area contributed by atoms with Crippen LogP contribution in [0.25, 0.3) is 6.08 Å². The number of nitrogens with zero attached hydrogens (tertiary/aromatic N) is 3. The van der Waals surface area contributed by atoms with Crippen LogP contribution in [-0.4, -0.2) is 51.8 Å². The largest absolute Gasteiger partial charge is 0.419 e. The van der Waals surface area contributed by atoms with Gasteiger partial charge in [0, 0.05) is 25.2 Å². The minimum absolute atomic E-state index is 0.0174. The van der Waals surface area contributed by atoms with Crippen LogP contribution < -0.4 is 5.73 Å². The smallest absolute Gasteiger partial charge is 0.253 e. The molecule has 0 saturated heterocycles. The molecule has 1 heterocycles. The Morgan fingerprint density at radius 3 is 2.52 bits per heavy atom. The van der Waals surface area contributed by atoms with E-state index in [2.05, 4.69) is 16.5 Å². The number of nitrogens with two attached hydrogens (primary N) is 1. The maximum atomic E-state index is 12.0. The molecule has 0 spiro atoms. The summed E-state index contributed by atoms with van der Waals surface area (Å²) < 4.78 is 5.27. The molecule has 1 amide bonds. The highest BCUT2D eigenvalue weighted by atomic mass is 16.5. The summed E-state index contributed by atoms with van der Waals surface area (Å²) in [6.07, 6.45) is 7.65. The third-order valence-electron chi connectivity index (χ3n) is 4.05. The maximum absolute atomic E-state index is 12.0. The number of benzene rings is 1. The number of carbonyl (C=O) groups is 1. The summed E-state index contributed by atoms with van der Waals surface area (Å²) in [5.74, 6) is -0.904. The van der Waals surface area contributed by atoms with Crippen molar-refractivity contribution < 1.29 is 14.6 Å². The summed E-state index contributed by atoms with van der Waals surface area (Å²) in [5.41, 5.74) is 7.72. The minimum atomic E-state index is -0.429. The average Bonchev–Trinajstić information content (AvgIpc) is 2.77. The molecular formula is C22H24N6O3. The van der Waals surface area contributed by atoms with E-state index in [0.29, 0.717) is 22.4 Å². The molecule has 0 aliphatic heterocycles. The lowest BCUT2D eigenvalue weighted by Crippen LogP contribution is -2.22. The van der Waals surface area contributed by atoms with Crippen molar-refractivity contribution in [2.75, 3.05) is 19.8 Å². The van der Waals surface area contributed by atoms with Gasteiger partial charge in [0.2, 0.25) is 11.8 Å². The highest BCUT2D eigenvalue weighted by molar-refractivity contribution is 6.05. The summed E-state index contributed by atoms with van der Waals surface area (Å²) in [7, 11) is 3.29. The molecule has 160 valence electrons. The van der Waals surface area contributed by atoms with Crippen molar-refractivity contribution in [1.82, 2.24) is 14.9 Å². The van der Waals surface area contributed by atoms with Crippen LogP contribution in [0.15, 0.2) is 60.8 Å². The second-order valence-electron chi connectivity index (χ2n) is 6.53. The molecule has 0 saturated carbocycles. The van der Waals surface area contributed by atoms with Crippen LogP contribution in [0.5, 0.6) is 0 Å². The van der Waals surface area contributed by atoms with Crippen LogP contribution in [0.4, 0.5) is 5.82 Å². The molecule has 0 unspecified atom stereocenters. The predicted molar refractivity (Wildman–Crippen MR) is 120 cm³/mol. The van der Waals surface area contributed by atoms with Crippen LogP contribution >= 0.6 is 0 Å². The summed E-state index contributed by atoms with van der Waals surface area (Å²) in [4.78, 5) is 21.7. The zero-order valence-electron chi connectivity index (χ0n) is 17.3. The minimum Gasteiger partial charge on any atom is -0.419 e. The number of rotatable bonds is 7. The van der Waals surface area contributed by atoms with E-state index in [9.17, 15) is 4.79 Å². The van der Waals surface area contributed by atoms with Gasteiger partial charge in [0.1, 0.15) is 0 Å². The van der Waals surface area contributed by atoms with Crippen molar-refractivity contribution in [3.8, 4) is 0 Å². The number of carbonyl (C=O) groups excluding carboxylic acids is 1. The van der Waals surface area contributed by atoms with Gasteiger partial charge in [-0.1, -0.05) is 30.9 Å². The first-order chi connectivity index (χ1) is 14.8. The maximum Gasteiger partial charge on any atom is 0.253 e. The van der Waals surface area contributed by atoms with Crippen molar-refractivity contribution in [3.63, 3.8) is 0 Å². The van der Waals surface area contributed by atoms with Gasteiger partial charge in [0.05, 0.1) is 18.5 Å². The monoisotopic (exact) mass is 420 g/mol. The Bertz CT molecular complexity index is 1060. The van der Waals surface area contributed by atoms with Crippen molar-refractivity contribution in [2.45, 2.75) is 6.61 Å². The van der Waals surface area contributed by atoms with E-state index in [1.54, 1.807) is 56.6 Å². The predicted octanol–water partition coefficient (Wildman–Crippen LogP) is 2.13. The van der Waals surface area contributed by atoms with Crippen LogP contribution in [0.1, 0.15) is 22.5 Å². The highest BCUT2D eigenvalue weighted by Crippen LogP contribution is 2.12. The summed E-state index contributed by atoms with van der Waals surface area (Å²) >= 11 is 0. The van der Waals surface area contributed by atoms with E-state index in [0.717, 1.165) is 0 Å². The van der Waals surface area contributed by atoms with E-state index in [1.807, 2.05) is 0 Å². The van der Waals surface area contributed by atoms with Crippen LogP contribution in [0.2, 0.25) is 0 Å². The molecule has 0 aliphatic carbocycles. The molecular weight excluding hydrogens is 396 g/mol. The van der Waals surface area contributed by atoms with Crippen LogP contribution in [0.3, 0.4) is 0 Å². The van der Waals surface area contributed by atoms with Crippen molar-refractivity contribution in [3.05, 3.63) is 83.4 Å². The van der Waals surface area contributed by atoms with E-state index in [1.165, 1.54) is 17.2 Å². The molecule has 9 heteroatoms. The number of ether oxygens (including phenoxy) is 1. The number of nitrogen functional groups attached to an aromatic ring is 1. The first kappa shape index (κ1) is 23.2. The Morgan fingerprint density at radius 1 is 1.26 bits per heavy atom. The second-order valence-corrected chi connectivity index (χ2v) is 6.53. The third-order valence-corrected chi connectivity index (χ3v) is 4.05. The number of nitrogens with one attached hydrogen (secondary N) is 2. The van der Waals surface area contributed by atoms with Gasteiger partial charge in [-0.25, -0.2) is 9.97 Å². The zero-order valence-corrected chi connectivity index (χ0v) is 17.3. The number of aliphatic hydroxyl groups is 1. The Morgan fingerprint density at radius 2 is 1.94 bits per heavy atom. The quantitative estimate of drug-likeness (QED) is 0.233. The normalized spacial score (nSPS) is 11.3. The molecule has 1 aromatic heterocycles. The van der Waals surface area contributed by atoms with Gasteiger partial charge in [-0.2, -0.15) is 0 Å². The van der Waals surface area contributed by atoms with Crippen LogP contribution in [-0.2, 0) is 16.1 Å². The van der Waals surface area contributed by atoms with Gasteiger partial charge in [-0.3, -0.25) is 15.6 Å². The lowest BCUT2D eigenvalue weighted by Gasteiger charge is -2.10. The number of aliphatic hydroxyl groups excluding tert-OH is 1. The van der Waals surface area contributed by atoms with E-state index >= 15 is 0 Å². The Labute approximate surface area is 180 Å². The van der Waals surface area contributed by atoms with E-state index in [-0.39, 0.29) is 29.9 Å². The number of amides is 1. The number of hydrogen-bond donors (Lipinski definition) is 4. The zero-order chi connectivity index (χ0) is 23.0.